The lowest BCUT2D eigenvalue weighted by Crippen LogP contribution is -2.32. The molecule has 4 atom stereocenters. The van der Waals surface area contributed by atoms with Crippen LogP contribution < -0.4 is 16.1 Å². The van der Waals surface area contributed by atoms with Crippen molar-refractivity contribution in [2.75, 3.05) is 13.2 Å². The molecule has 27 heavy (non-hydrogen) atoms. The maximum Gasteiger partial charge on any atom is 0.330 e. The van der Waals surface area contributed by atoms with E-state index in [2.05, 4.69) is 4.98 Å². The molecular weight excluding hydrogens is 379 g/mol. The quantitative estimate of drug-likeness (QED) is 0.596. The number of hydrogen-bond acceptors (Lipinski definition) is 8. The maximum absolute atomic E-state index is 12.1. The summed E-state index contributed by atoms with van der Waals surface area (Å²) in [7, 11) is -4.55. The molecule has 1 aromatic rings. The molecule has 0 bridgehead atoms. The van der Waals surface area contributed by atoms with E-state index in [1.54, 1.807) is 0 Å². The van der Waals surface area contributed by atoms with E-state index in [0.717, 1.165) is 0 Å². The van der Waals surface area contributed by atoms with E-state index < -0.39 is 37.5 Å². The van der Waals surface area contributed by atoms with Crippen LogP contribution in [0, 0.1) is 5.92 Å². The van der Waals surface area contributed by atoms with Crippen molar-refractivity contribution in [3.8, 4) is 0 Å². The number of aromatic nitrogens is 2. The van der Waals surface area contributed by atoms with Crippen LogP contribution in [-0.4, -0.2) is 41.1 Å². The molecule has 2 unspecified atom stereocenters. The molecule has 0 spiro atoms. The Morgan fingerprint density at radius 2 is 2.07 bits per heavy atom. The highest BCUT2D eigenvalue weighted by Crippen LogP contribution is 2.45. The fourth-order valence-corrected chi connectivity index (χ4v) is 3.61. The zero-order valence-corrected chi connectivity index (χ0v) is 16.7. The molecule has 0 aliphatic carbocycles. The van der Waals surface area contributed by atoms with Gasteiger partial charge in [0, 0.05) is 18.7 Å². The summed E-state index contributed by atoms with van der Waals surface area (Å²) in [5.74, 6) is 0.0169. The monoisotopic (exact) mass is 405 g/mol. The van der Waals surface area contributed by atoms with Crippen molar-refractivity contribution in [1.29, 1.82) is 0 Å². The summed E-state index contributed by atoms with van der Waals surface area (Å²) >= 11 is 0. The second-order valence-electron chi connectivity index (χ2n) is 7.05. The molecule has 11 heteroatoms. The normalized spacial score (nSPS) is 25.2. The van der Waals surface area contributed by atoms with Gasteiger partial charge in [0.15, 0.2) is 0 Å². The van der Waals surface area contributed by atoms with Crippen LogP contribution in [0.1, 0.15) is 40.3 Å². The first-order valence-corrected chi connectivity index (χ1v) is 10.3. The van der Waals surface area contributed by atoms with Crippen molar-refractivity contribution in [2.24, 2.45) is 5.92 Å². The third kappa shape index (κ3) is 6.67. The van der Waals surface area contributed by atoms with Gasteiger partial charge >= 0.3 is 5.69 Å². The Morgan fingerprint density at radius 3 is 2.67 bits per heavy atom. The van der Waals surface area contributed by atoms with Crippen LogP contribution in [0.5, 0.6) is 0 Å². The van der Waals surface area contributed by atoms with Gasteiger partial charge in [-0.05, 0) is 19.8 Å². The third-order valence-corrected chi connectivity index (χ3v) is 4.76. The van der Waals surface area contributed by atoms with E-state index in [-0.39, 0.29) is 31.7 Å². The van der Waals surface area contributed by atoms with Crippen LogP contribution in [0.3, 0.4) is 0 Å². The first kappa shape index (κ1) is 22.0. The molecule has 2 rings (SSSR count). The summed E-state index contributed by atoms with van der Waals surface area (Å²) in [6, 6.07) is 1.18. The van der Waals surface area contributed by atoms with E-state index >= 15 is 0 Å². The van der Waals surface area contributed by atoms with E-state index in [4.69, 9.17) is 18.5 Å². The Labute approximate surface area is 157 Å². The van der Waals surface area contributed by atoms with Crippen LogP contribution in [0.2, 0.25) is 0 Å². The third-order valence-electron chi connectivity index (χ3n) is 3.77. The standard InChI is InChI=1S/C16H27N2O8P/c1-10(2)8-24-27(21,22)26-12-7-15(25-13(12)9-23-11(3)4)18-6-5-14(19)17-16(18)20/h5-6,10-13,15H,7-9H2,1-4H3,(H,21,22)(H,17,19,20)/p-1/t12?,13-,15-/m1/s1. The fraction of sp³-hybridized carbons (Fsp3) is 0.750. The topological polar surface area (TPSA) is 132 Å². The number of ether oxygens (including phenoxy) is 2. The number of phosphoric acid groups is 1. The van der Waals surface area contributed by atoms with Crippen molar-refractivity contribution in [3.63, 3.8) is 0 Å². The summed E-state index contributed by atoms with van der Waals surface area (Å²) in [5.41, 5.74) is -1.19. The highest BCUT2D eigenvalue weighted by atomic mass is 31.2. The minimum Gasteiger partial charge on any atom is -0.756 e. The summed E-state index contributed by atoms with van der Waals surface area (Å²) in [4.78, 5) is 37.4. The molecule has 1 aliphatic heterocycles. The SMILES string of the molecule is CC(C)COP(=O)([O-])OC1C[C@H](n2ccc(=O)[nH]c2=O)O[C@@H]1COC(C)C. The number of rotatable bonds is 9. The molecule has 1 fully saturated rings. The van der Waals surface area contributed by atoms with Gasteiger partial charge in [-0.15, -0.1) is 0 Å². The molecule has 2 heterocycles. The Morgan fingerprint density at radius 1 is 1.37 bits per heavy atom. The second kappa shape index (κ2) is 9.27. The maximum atomic E-state index is 12.1. The highest BCUT2D eigenvalue weighted by Gasteiger charge is 2.40. The van der Waals surface area contributed by atoms with Crippen molar-refractivity contribution in [3.05, 3.63) is 33.1 Å². The average Bonchev–Trinajstić information content (AvgIpc) is 2.93. The number of H-pyrrole nitrogens is 1. The number of nitrogens with one attached hydrogen (secondary N) is 1. The van der Waals surface area contributed by atoms with Gasteiger partial charge in [0.25, 0.3) is 13.4 Å². The van der Waals surface area contributed by atoms with Gasteiger partial charge in [-0.3, -0.25) is 18.9 Å². The molecule has 1 aliphatic rings. The number of aromatic amines is 1. The second-order valence-corrected chi connectivity index (χ2v) is 8.41. The van der Waals surface area contributed by atoms with E-state index in [1.165, 1.54) is 16.8 Å². The first-order chi connectivity index (χ1) is 12.6. The van der Waals surface area contributed by atoms with Gasteiger partial charge in [-0.25, -0.2) is 4.79 Å². The predicted molar refractivity (Wildman–Crippen MR) is 94.2 cm³/mol. The van der Waals surface area contributed by atoms with Crippen LogP contribution in [0.4, 0.5) is 0 Å². The van der Waals surface area contributed by atoms with Crippen LogP contribution in [0.25, 0.3) is 0 Å². The summed E-state index contributed by atoms with van der Waals surface area (Å²) in [6.07, 6.45) is -1.13. The number of hydrogen-bond donors (Lipinski definition) is 1. The van der Waals surface area contributed by atoms with Gasteiger partial charge in [0.05, 0.1) is 25.4 Å². The molecule has 0 radical (unpaired) electrons. The molecular formula is C16H26N2O8P-. The van der Waals surface area contributed by atoms with Crippen molar-refractivity contribution < 1.29 is 28.0 Å². The largest absolute Gasteiger partial charge is 0.756 e. The van der Waals surface area contributed by atoms with E-state index in [1.807, 2.05) is 27.7 Å². The van der Waals surface area contributed by atoms with Crippen molar-refractivity contribution >= 4 is 7.82 Å². The molecule has 0 saturated carbocycles. The smallest absolute Gasteiger partial charge is 0.330 e. The number of nitrogens with zero attached hydrogens (tertiary/aromatic N) is 1. The highest BCUT2D eigenvalue weighted by molar-refractivity contribution is 7.45. The Kier molecular flexibility index (Phi) is 7.55. The predicted octanol–water partition coefficient (Wildman–Crippen LogP) is 0.775. The summed E-state index contributed by atoms with van der Waals surface area (Å²) < 4.78 is 34.6. The lowest BCUT2D eigenvalue weighted by Gasteiger charge is -2.29. The van der Waals surface area contributed by atoms with Gasteiger partial charge in [-0.2, -0.15) is 0 Å². The molecule has 154 valence electrons. The fourth-order valence-electron chi connectivity index (χ4n) is 2.51. The van der Waals surface area contributed by atoms with Crippen LogP contribution >= 0.6 is 7.82 Å². The average molecular weight is 405 g/mol. The summed E-state index contributed by atoms with van der Waals surface area (Å²) in [6.45, 7) is 7.39. The van der Waals surface area contributed by atoms with Gasteiger partial charge in [-0.1, -0.05) is 13.8 Å². The van der Waals surface area contributed by atoms with Gasteiger partial charge in [0.1, 0.15) is 12.3 Å². The zero-order valence-electron chi connectivity index (χ0n) is 15.8. The molecule has 0 aromatic carbocycles. The number of phosphoric ester groups is 1. The van der Waals surface area contributed by atoms with Crippen molar-refractivity contribution in [1.82, 2.24) is 9.55 Å². The lowest BCUT2D eigenvalue weighted by atomic mass is 10.2. The van der Waals surface area contributed by atoms with Crippen molar-refractivity contribution in [2.45, 2.75) is 58.7 Å². The molecule has 1 saturated heterocycles. The Bertz CT molecular complexity index is 774. The molecule has 1 aromatic heterocycles. The Balaban J connectivity index is 2.15. The molecule has 10 nitrogen and oxygen atoms in total. The first-order valence-electron chi connectivity index (χ1n) is 8.80. The van der Waals surface area contributed by atoms with Gasteiger partial charge in [0.2, 0.25) is 0 Å². The van der Waals surface area contributed by atoms with E-state index in [0.29, 0.717) is 0 Å². The molecule has 1 N–H and O–H groups in total. The molecule has 0 amide bonds. The zero-order chi connectivity index (χ0) is 20.2. The van der Waals surface area contributed by atoms with Crippen LogP contribution in [-0.2, 0) is 23.1 Å². The van der Waals surface area contributed by atoms with Gasteiger partial charge < -0.3 is 23.4 Å². The Hall–Kier alpha value is -1.29. The van der Waals surface area contributed by atoms with Crippen LogP contribution in [0.15, 0.2) is 21.9 Å². The minimum absolute atomic E-state index is 0.00429. The minimum atomic E-state index is -4.55. The lowest BCUT2D eigenvalue weighted by molar-refractivity contribution is -0.232. The summed E-state index contributed by atoms with van der Waals surface area (Å²) in [5, 5.41) is 0. The van der Waals surface area contributed by atoms with E-state index in [9.17, 15) is 19.0 Å².